The molecule has 9 heteroatoms. The maximum Gasteiger partial charge on any atom is 0.342 e. The summed E-state index contributed by atoms with van der Waals surface area (Å²) in [4.78, 5) is 22.1. The van der Waals surface area contributed by atoms with E-state index >= 15 is 0 Å². The minimum atomic E-state index is -0.863. The van der Waals surface area contributed by atoms with Gasteiger partial charge in [0.15, 0.2) is 0 Å². The molecule has 3 rings (SSSR count). The smallest absolute Gasteiger partial charge is 0.342 e. The molecule has 1 spiro atoms. The molecule has 0 atom stereocenters. The van der Waals surface area contributed by atoms with Crippen molar-refractivity contribution < 1.29 is 13.9 Å². The third-order valence-corrected chi connectivity index (χ3v) is 4.94. The van der Waals surface area contributed by atoms with Crippen molar-refractivity contribution in [2.45, 2.75) is 37.8 Å². The predicted molar refractivity (Wildman–Crippen MR) is 94.3 cm³/mol. The number of carbonyl (C=O) groups excluding carboxylic acids is 1. The third kappa shape index (κ3) is 2.90. The van der Waals surface area contributed by atoms with Gasteiger partial charge in [-0.25, -0.2) is 14.2 Å². The van der Waals surface area contributed by atoms with Crippen molar-refractivity contribution in [3.8, 4) is 0 Å². The number of halogens is 2. The zero-order chi connectivity index (χ0) is 18.2. The maximum absolute atomic E-state index is 14.1. The van der Waals surface area contributed by atoms with Crippen molar-refractivity contribution in [1.82, 2.24) is 0 Å². The number of esters is 1. The van der Waals surface area contributed by atoms with E-state index in [1.165, 1.54) is 6.07 Å². The first kappa shape index (κ1) is 17.5. The molecule has 1 saturated carbocycles. The molecular weight excluding hydrogens is 349 g/mol. The molecule has 0 radical (unpaired) electrons. The number of nitrogens with zero attached hydrogens (tertiary/aromatic N) is 3. The summed E-state index contributed by atoms with van der Waals surface area (Å²) in [5, 5.41) is -0.0920. The fraction of sp³-hybridized carbons (Fsp3) is 0.438. The number of rotatable bonds is 2. The Bertz CT molecular complexity index is 774. The fourth-order valence-corrected chi connectivity index (χ4v) is 3.79. The van der Waals surface area contributed by atoms with E-state index in [-0.39, 0.29) is 22.5 Å². The lowest BCUT2D eigenvalue weighted by Crippen LogP contribution is -2.58. The number of hydrogen-bond acceptors (Lipinski definition) is 7. The number of aliphatic imine (C=N–C) groups is 2. The quantitative estimate of drug-likeness (QED) is 0.780. The number of benzene rings is 1. The Labute approximate surface area is 149 Å². The van der Waals surface area contributed by atoms with Crippen LogP contribution in [0.25, 0.3) is 0 Å². The largest absolute Gasteiger partial charge is 0.465 e. The van der Waals surface area contributed by atoms with E-state index in [0.29, 0.717) is 18.5 Å². The second-order valence-electron chi connectivity index (χ2n) is 6.07. The SMILES string of the molecule is COC(=O)c1c(F)ccc(N2C(N)=NC(N)=NC23CCCCC3)c1Cl. The Hall–Kier alpha value is -2.35. The Kier molecular flexibility index (Phi) is 4.55. The lowest BCUT2D eigenvalue weighted by Gasteiger charge is -2.46. The van der Waals surface area contributed by atoms with Crippen LogP contribution in [0.1, 0.15) is 42.5 Å². The highest BCUT2D eigenvalue weighted by Crippen LogP contribution is 2.43. The van der Waals surface area contributed by atoms with Gasteiger partial charge in [0.25, 0.3) is 0 Å². The van der Waals surface area contributed by atoms with Gasteiger partial charge >= 0.3 is 5.97 Å². The highest BCUT2D eigenvalue weighted by Gasteiger charge is 2.43. The van der Waals surface area contributed by atoms with E-state index in [1.807, 2.05) is 0 Å². The zero-order valence-electron chi connectivity index (χ0n) is 13.8. The molecule has 1 aromatic carbocycles. The Morgan fingerprint density at radius 3 is 2.64 bits per heavy atom. The van der Waals surface area contributed by atoms with Gasteiger partial charge in [-0.3, -0.25) is 4.90 Å². The first-order valence-corrected chi connectivity index (χ1v) is 8.33. The summed E-state index contributed by atoms with van der Waals surface area (Å²) >= 11 is 6.35. The van der Waals surface area contributed by atoms with Crippen LogP contribution in [0.15, 0.2) is 22.1 Å². The van der Waals surface area contributed by atoms with Crippen LogP contribution in [0.2, 0.25) is 5.02 Å². The van der Waals surface area contributed by atoms with E-state index in [9.17, 15) is 9.18 Å². The molecular formula is C16H19ClFN5O2. The van der Waals surface area contributed by atoms with Gasteiger partial charge in [0.1, 0.15) is 17.0 Å². The summed E-state index contributed by atoms with van der Waals surface area (Å²) in [7, 11) is 1.16. The van der Waals surface area contributed by atoms with Crippen LogP contribution in [-0.2, 0) is 4.74 Å². The number of ether oxygens (including phenoxy) is 1. The lowest BCUT2D eigenvalue weighted by atomic mass is 9.87. The zero-order valence-corrected chi connectivity index (χ0v) is 14.5. The van der Waals surface area contributed by atoms with E-state index < -0.39 is 17.4 Å². The highest BCUT2D eigenvalue weighted by molar-refractivity contribution is 6.37. The number of guanidine groups is 2. The molecule has 25 heavy (non-hydrogen) atoms. The lowest BCUT2D eigenvalue weighted by molar-refractivity contribution is 0.0595. The molecule has 1 heterocycles. The van der Waals surface area contributed by atoms with Gasteiger partial charge in [0.2, 0.25) is 11.9 Å². The van der Waals surface area contributed by atoms with Gasteiger partial charge in [-0.15, -0.1) is 0 Å². The van der Waals surface area contributed by atoms with Crippen molar-refractivity contribution in [2.24, 2.45) is 21.5 Å². The minimum absolute atomic E-state index is 0.0920. The molecule has 2 aliphatic rings. The number of methoxy groups -OCH3 is 1. The van der Waals surface area contributed by atoms with E-state index in [0.717, 1.165) is 32.4 Å². The average molecular weight is 368 g/mol. The molecule has 0 unspecified atom stereocenters. The molecule has 1 fully saturated rings. The van der Waals surface area contributed by atoms with Crippen LogP contribution in [0.3, 0.4) is 0 Å². The number of anilines is 1. The number of hydrogen-bond donors (Lipinski definition) is 2. The van der Waals surface area contributed by atoms with Crippen LogP contribution < -0.4 is 16.4 Å². The number of nitrogens with two attached hydrogens (primary N) is 2. The summed E-state index contributed by atoms with van der Waals surface area (Å²) in [6.45, 7) is 0. The summed E-state index contributed by atoms with van der Waals surface area (Å²) in [6.07, 6.45) is 4.34. The van der Waals surface area contributed by atoms with Gasteiger partial charge in [0.05, 0.1) is 17.8 Å². The Morgan fingerprint density at radius 1 is 1.32 bits per heavy atom. The molecule has 0 saturated heterocycles. The predicted octanol–water partition coefficient (Wildman–Crippen LogP) is 2.38. The molecule has 7 nitrogen and oxygen atoms in total. The van der Waals surface area contributed by atoms with Crippen molar-refractivity contribution in [1.29, 1.82) is 0 Å². The van der Waals surface area contributed by atoms with E-state index in [4.69, 9.17) is 23.1 Å². The second-order valence-corrected chi connectivity index (χ2v) is 6.44. The average Bonchev–Trinajstić information content (AvgIpc) is 2.56. The van der Waals surface area contributed by atoms with Crippen molar-refractivity contribution >= 4 is 35.2 Å². The fourth-order valence-electron chi connectivity index (χ4n) is 3.47. The van der Waals surface area contributed by atoms with E-state index in [2.05, 4.69) is 14.7 Å². The topological polar surface area (TPSA) is 106 Å². The van der Waals surface area contributed by atoms with E-state index in [1.54, 1.807) is 4.90 Å². The van der Waals surface area contributed by atoms with Gasteiger partial charge in [-0.1, -0.05) is 18.0 Å². The molecule has 1 aromatic rings. The molecule has 1 aliphatic heterocycles. The highest BCUT2D eigenvalue weighted by atomic mass is 35.5. The molecule has 0 bridgehead atoms. The summed E-state index contributed by atoms with van der Waals surface area (Å²) < 4.78 is 18.7. The van der Waals surface area contributed by atoms with Crippen LogP contribution >= 0.6 is 11.6 Å². The van der Waals surface area contributed by atoms with Crippen molar-refractivity contribution in [3.05, 3.63) is 28.5 Å². The van der Waals surface area contributed by atoms with Gasteiger partial charge in [-0.2, -0.15) is 4.99 Å². The first-order valence-electron chi connectivity index (χ1n) is 7.95. The molecule has 4 N–H and O–H groups in total. The molecule has 0 aromatic heterocycles. The van der Waals surface area contributed by atoms with Crippen LogP contribution in [0, 0.1) is 5.82 Å². The van der Waals surface area contributed by atoms with Crippen molar-refractivity contribution in [2.75, 3.05) is 12.0 Å². The standard InChI is InChI=1S/C16H19ClFN5O2/c1-25-13(24)11-9(18)5-6-10(12(11)17)23-15(20)21-14(19)22-16(23)7-3-2-4-8-16/h5-6H,2-4,7-8H2,1H3,(H4,19,20,21,22). The summed E-state index contributed by atoms with van der Waals surface area (Å²) in [6, 6.07) is 2.61. The third-order valence-electron chi connectivity index (χ3n) is 4.55. The Balaban J connectivity index is 2.17. The normalized spacial score (nSPS) is 19.4. The van der Waals surface area contributed by atoms with Crippen LogP contribution in [0.4, 0.5) is 10.1 Å². The number of carbonyl (C=O) groups is 1. The molecule has 0 amide bonds. The molecule has 134 valence electrons. The monoisotopic (exact) mass is 367 g/mol. The molecule has 1 aliphatic carbocycles. The first-order chi connectivity index (χ1) is 11.9. The maximum atomic E-state index is 14.1. The van der Waals surface area contributed by atoms with Crippen LogP contribution in [0.5, 0.6) is 0 Å². The second kappa shape index (κ2) is 6.51. The van der Waals surface area contributed by atoms with Gasteiger partial charge in [0, 0.05) is 0 Å². The van der Waals surface area contributed by atoms with Crippen LogP contribution in [-0.4, -0.2) is 30.7 Å². The van der Waals surface area contributed by atoms with Crippen molar-refractivity contribution in [3.63, 3.8) is 0 Å². The minimum Gasteiger partial charge on any atom is -0.465 e. The summed E-state index contributed by atoms with van der Waals surface area (Å²) in [5.41, 5.74) is 11.2. The van der Waals surface area contributed by atoms with Gasteiger partial charge in [-0.05, 0) is 37.8 Å². The summed E-state index contributed by atoms with van der Waals surface area (Å²) in [5.74, 6) is -1.42. The Morgan fingerprint density at radius 2 is 2.00 bits per heavy atom. The van der Waals surface area contributed by atoms with Gasteiger partial charge < -0.3 is 16.2 Å².